The van der Waals surface area contributed by atoms with Gasteiger partial charge in [-0.25, -0.2) is 5.43 Å². The zero-order valence-corrected chi connectivity index (χ0v) is 16.8. The molecule has 1 aliphatic heterocycles. The summed E-state index contributed by atoms with van der Waals surface area (Å²) in [4.78, 5) is 11.9. The Bertz CT molecular complexity index is 837. The fraction of sp³-hybridized carbons (Fsp3) is 0.300. The SMILES string of the molecule is CCC(C)c1ccc(OCC(=O)NN=Cc2cc3c(cc2Br)OCO3)cc1. The number of hydrogen-bond donors (Lipinski definition) is 1. The zero-order chi connectivity index (χ0) is 19.2. The topological polar surface area (TPSA) is 69.2 Å². The van der Waals surface area contributed by atoms with Gasteiger partial charge in [0, 0.05) is 10.0 Å². The number of hydrazone groups is 1. The lowest BCUT2D eigenvalue weighted by molar-refractivity contribution is -0.123. The van der Waals surface area contributed by atoms with Gasteiger partial charge in [-0.3, -0.25) is 4.79 Å². The average Bonchev–Trinajstić information content (AvgIpc) is 3.13. The normalized spacial score (nSPS) is 13.6. The summed E-state index contributed by atoms with van der Waals surface area (Å²) in [5, 5.41) is 3.96. The van der Waals surface area contributed by atoms with E-state index in [9.17, 15) is 4.79 Å². The lowest BCUT2D eigenvalue weighted by Crippen LogP contribution is -2.24. The summed E-state index contributed by atoms with van der Waals surface area (Å²) in [6.07, 6.45) is 2.62. The largest absolute Gasteiger partial charge is 0.484 e. The van der Waals surface area contributed by atoms with Crippen LogP contribution in [0.1, 0.15) is 37.3 Å². The van der Waals surface area contributed by atoms with Crippen molar-refractivity contribution in [3.05, 3.63) is 52.0 Å². The van der Waals surface area contributed by atoms with Crippen LogP contribution in [-0.2, 0) is 4.79 Å². The van der Waals surface area contributed by atoms with Crippen molar-refractivity contribution >= 4 is 28.1 Å². The van der Waals surface area contributed by atoms with E-state index in [0.29, 0.717) is 23.2 Å². The Morgan fingerprint density at radius 2 is 2.00 bits per heavy atom. The van der Waals surface area contributed by atoms with Crippen LogP contribution in [-0.4, -0.2) is 25.5 Å². The Morgan fingerprint density at radius 3 is 2.70 bits per heavy atom. The summed E-state index contributed by atoms with van der Waals surface area (Å²) in [5.41, 5.74) is 4.47. The van der Waals surface area contributed by atoms with Crippen molar-refractivity contribution in [3.63, 3.8) is 0 Å². The molecule has 1 aliphatic rings. The molecule has 0 saturated carbocycles. The number of nitrogens with one attached hydrogen (secondary N) is 1. The predicted octanol–water partition coefficient (Wildman–Crippen LogP) is 4.22. The van der Waals surface area contributed by atoms with Crippen LogP contribution in [0.2, 0.25) is 0 Å². The van der Waals surface area contributed by atoms with E-state index in [1.165, 1.54) is 11.8 Å². The minimum absolute atomic E-state index is 0.109. The van der Waals surface area contributed by atoms with Gasteiger partial charge in [0.05, 0.1) is 6.21 Å². The second-order valence-corrected chi connectivity index (χ2v) is 7.04. The summed E-state index contributed by atoms with van der Waals surface area (Å²) in [5.74, 6) is 2.15. The predicted molar refractivity (Wildman–Crippen MR) is 107 cm³/mol. The van der Waals surface area contributed by atoms with Crippen molar-refractivity contribution in [1.82, 2.24) is 5.43 Å². The van der Waals surface area contributed by atoms with Crippen molar-refractivity contribution in [2.75, 3.05) is 13.4 Å². The van der Waals surface area contributed by atoms with Crippen molar-refractivity contribution < 1.29 is 19.0 Å². The first-order chi connectivity index (χ1) is 13.1. The molecule has 0 aromatic heterocycles. The highest BCUT2D eigenvalue weighted by Gasteiger charge is 2.15. The minimum atomic E-state index is -0.339. The summed E-state index contributed by atoms with van der Waals surface area (Å²) in [7, 11) is 0. The molecule has 1 atom stereocenters. The summed E-state index contributed by atoms with van der Waals surface area (Å²) >= 11 is 3.44. The summed E-state index contributed by atoms with van der Waals surface area (Å²) < 4.78 is 16.9. The van der Waals surface area contributed by atoms with Gasteiger partial charge in [0.25, 0.3) is 5.91 Å². The van der Waals surface area contributed by atoms with Gasteiger partial charge in [-0.15, -0.1) is 0 Å². The quantitative estimate of drug-likeness (QED) is 0.525. The van der Waals surface area contributed by atoms with Crippen molar-refractivity contribution in [2.24, 2.45) is 5.10 Å². The smallest absolute Gasteiger partial charge is 0.277 e. The van der Waals surface area contributed by atoms with E-state index in [0.717, 1.165) is 16.5 Å². The average molecular weight is 433 g/mol. The second kappa shape index (κ2) is 8.90. The zero-order valence-electron chi connectivity index (χ0n) is 15.2. The van der Waals surface area contributed by atoms with Crippen LogP contribution in [0.3, 0.4) is 0 Å². The van der Waals surface area contributed by atoms with E-state index in [-0.39, 0.29) is 19.3 Å². The number of rotatable bonds is 7. The molecule has 0 bridgehead atoms. The molecule has 142 valence electrons. The van der Waals surface area contributed by atoms with Gasteiger partial charge < -0.3 is 14.2 Å². The molecule has 0 aliphatic carbocycles. The third kappa shape index (κ3) is 5.01. The van der Waals surface area contributed by atoms with E-state index in [4.69, 9.17) is 14.2 Å². The first-order valence-corrected chi connectivity index (χ1v) is 9.50. The maximum Gasteiger partial charge on any atom is 0.277 e. The van der Waals surface area contributed by atoms with Crippen LogP contribution in [0.4, 0.5) is 0 Å². The molecule has 0 radical (unpaired) electrons. The molecule has 2 aromatic carbocycles. The highest BCUT2D eigenvalue weighted by atomic mass is 79.9. The molecule has 3 rings (SSSR count). The third-order valence-corrected chi connectivity index (χ3v) is 5.00. The molecule has 1 heterocycles. The fourth-order valence-electron chi connectivity index (χ4n) is 2.52. The molecule has 7 heteroatoms. The van der Waals surface area contributed by atoms with E-state index < -0.39 is 0 Å². The van der Waals surface area contributed by atoms with Crippen LogP contribution in [0, 0.1) is 0 Å². The van der Waals surface area contributed by atoms with E-state index in [1.807, 2.05) is 24.3 Å². The van der Waals surface area contributed by atoms with Gasteiger partial charge in [-0.05, 0) is 58.1 Å². The summed E-state index contributed by atoms with van der Waals surface area (Å²) in [6, 6.07) is 11.4. The number of fused-ring (bicyclic) bond motifs is 1. The first-order valence-electron chi connectivity index (χ1n) is 8.70. The highest BCUT2D eigenvalue weighted by molar-refractivity contribution is 9.10. The molecule has 1 unspecified atom stereocenters. The van der Waals surface area contributed by atoms with Crippen molar-refractivity contribution in [3.8, 4) is 17.2 Å². The molecule has 1 N–H and O–H groups in total. The molecule has 1 amide bonds. The van der Waals surface area contributed by atoms with Crippen LogP contribution in [0.15, 0.2) is 46.0 Å². The Morgan fingerprint density at radius 1 is 1.30 bits per heavy atom. The van der Waals surface area contributed by atoms with Gasteiger partial charge in [-0.2, -0.15) is 5.10 Å². The van der Waals surface area contributed by atoms with Crippen LogP contribution in [0.5, 0.6) is 17.2 Å². The van der Waals surface area contributed by atoms with Crippen LogP contribution in [0.25, 0.3) is 0 Å². The molecule has 0 fully saturated rings. The molecule has 2 aromatic rings. The van der Waals surface area contributed by atoms with Gasteiger partial charge >= 0.3 is 0 Å². The third-order valence-electron chi connectivity index (χ3n) is 4.32. The van der Waals surface area contributed by atoms with Crippen molar-refractivity contribution in [1.29, 1.82) is 0 Å². The van der Waals surface area contributed by atoms with E-state index >= 15 is 0 Å². The molecular weight excluding hydrogens is 412 g/mol. The fourth-order valence-corrected chi connectivity index (χ4v) is 2.94. The van der Waals surface area contributed by atoms with E-state index in [1.54, 1.807) is 12.1 Å². The number of carbonyl (C=O) groups excluding carboxylic acids is 1. The minimum Gasteiger partial charge on any atom is -0.484 e. The molecule has 0 saturated heterocycles. The Balaban J connectivity index is 1.49. The van der Waals surface area contributed by atoms with Gasteiger partial charge in [0.15, 0.2) is 18.1 Å². The lowest BCUT2D eigenvalue weighted by Gasteiger charge is -2.10. The molecule has 6 nitrogen and oxygen atoms in total. The second-order valence-electron chi connectivity index (χ2n) is 6.19. The number of halogens is 1. The maximum absolute atomic E-state index is 11.9. The molecule has 27 heavy (non-hydrogen) atoms. The Labute approximate surface area is 166 Å². The number of benzene rings is 2. The molecule has 0 spiro atoms. The number of carbonyl (C=O) groups is 1. The van der Waals surface area contributed by atoms with Gasteiger partial charge in [0.1, 0.15) is 5.75 Å². The first kappa shape index (κ1) is 19.2. The van der Waals surface area contributed by atoms with Gasteiger partial charge in [0.2, 0.25) is 6.79 Å². The highest BCUT2D eigenvalue weighted by Crippen LogP contribution is 2.36. The van der Waals surface area contributed by atoms with Crippen molar-refractivity contribution in [2.45, 2.75) is 26.2 Å². The Hall–Kier alpha value is -2.54. The molecular formula is C20H21BrN2O4. The standard InChI is InChI=1S/C20H21BrN2O4/c1-3-13(2)14-4-6-16(7-5-14)25-11-20(24)23-22-10-15-8-18-19(9-17(15)21)27-12-26-18/h4-10,13H,3,11-12H2,1-2H3,(H,23,24). The van der Waals surface area contributed by atoms with Crippen LogP contribution < -0.4 is 19.6 Å². The number of ether oxygens (including phenoxy) is 3. The lowest BCUT2D eigenvalue weighted by atomic mass is 9.99. The number of hydrogen-bond acceptors (Lipinski definition) is 5. The number of amides is 1. The number of nitrogens with zero attached hydrogens (tertiary/aromatic N) is 1. The Kier molecular flexibility index (Phi) is 6.34. The summed E-state index contributed by atoms with van der Waals surface area (Å²) in [6.45, 7) is 4.43. The van der Waals surface area contributed by atoms with E-state index in [2.05, 4.69) is 40.3 Å². The van der Waals surface area contributed by atoms with Gasteiger partial charge in [-0.1, -0.05) is 26.0 Å². The maximum atomic E-state index is 11.9. The monoisotopic (exact) mass is 432 g/mol. The van der Waals surface area contributed by atoms with Crippen LogP contribution >= 0.6 is 15.9 Å².